The van der Waals surface area contributed by atoms with Gasteiger partial charge >= 0.3 is 6.09 Å². The van der Waals surface area contributed by atoms with Gasteiger partial charge in [0, 0.05) is 18.2 Å². The zero-order chi connectivity index (χ0) is 25.1. The molecule has 0 aliphatic heterocycles. The van der Waals surface area contributed by atoms with Crippen LogP contribution in [0.15, 0.2) is 42.5 Å². The van der Waals surface area contributed by atoms with Crippen LogP contribution in [0, 0.1) is 24.0 Å². The molecule has 2 aromatic carbocycles. The van der Waals surface area contributed by atoms with Gasteiger partial charge in [0.15, 0.2) is 9.84 Å². The summed E-state index contributed by atoms with van der Waals surface area (Å²) in [7, 11) is -2.72. The molecule has 0 aliphatic carbocycles. The number of halogens is 2. The first kappa shape index (κ1) is 27.3. The quantitative estimate of drug-likeness (QED) is 0.344. The minimum Gasteiger partial charge on any atom is -0.453 e. The molecule has 2 aromatic rings. The summed E-state index contributed by atoms with van der Waals surface area (Å²) in [6.07, 6.45) is 5.76. The second kappa shape index (κ2) is 13.1. The fraction of sp³-hybridized carbons (Fsp3) is 0.400. The van der Waals surface area contributed by atoms with Gasteiger partial charge in [0.1, 0.15) is 16.9 Å². The third kappa shape index (κ3) is 8.12. The number of terminal acetylenes is 1. The molecule has 0 aromatic heterocycles. The lowest BCUT2D eigenvalue weighted by atomic mass is 10.0. The SMILES string of the molecule is C#Cc1cccc(CNCC[C@H](NC(=O)OC)C(c2cc(F)cc(F)c2)S(=O)(=O)CCCC)c1. The summed E-state index contributed by atoms with van der Waals surface area (Å²) in [4.78, 5) is 12.0. The summed E-state index contributed by atoms with van der Waals surface area (Å²) in [5, 5.41) is 4.39. The van der Waals surface area contributed by atoms with Crippen molar-refractivity contribution in [1.82, 2.24) is 10.6 Å². The number of amides is 1. The van der Waals surface area contributed by atoms with Crippen LogP contribution in [0.25, 0.3) is 0 Å². The topological polar surface area (TPSA) is 84.5 Å². The second-order valence-corrected chi connectivity index (χ2v) is 10.1. The minimum absolute atomic E-state index is 0.0586. The maximum atomic E-state index is 14.0. The van der Waals surface area contributed by atoms with Gasteiger partial charge in [-0.25, -0.2) is 22.0 Å². The largest absolute Gasteiger partial charge is 0.453 e. The van der Waals surface area contributed by atoms with Crippen LogP contribution in [0.3, 0.4) is 0 Å². The van der Waals surface area contributed by atoms with E-state index in [-0.39, 0.29) is 17.7 Å². The van der Waals surface area contributed by atoms with Crippen LogP contribution in [0.2, 0.25) is 0 Å². The Hall–Kier alpha value is -2.96. The molecular weight excluding hydrogens is 462 g/mol. The van der Waals surface area contributed by atoms with Crippen LogP contribution in [-0.4, -0.2) is 40.0 Å². The van der Waals surface area contributed by atoms with Crippen LogP contribution >= 0.6 is 0 Å². The zero-order valence-electron chi connectivity index (χ0n) is 19.3. The number of methoxy groups -OCH3 is 1. The summed E-state index contributed by atoms with van der Waals surface area (Å²) in [6, 6.07) is 9.06. The van der Waals surface area contributed by atoms with Gasteiger partial charge in [0.05, 0.1) is 18.9 Å². The summed E-state index contributed by atoms with van der Waals surface area (Å²) in [5.74, 6) is 0.591. The van der Waals surface area contributed by atoms with Crippen molar-refractivity contribution < 1.29 is 26.7 Å². The van der Waals surface area contributed by atoms with Gasteiger partial charge in [-0.05, 0) is 54.8 Å². The van der Waals surface area contributed by atoms with E-state index >= 15 is 0 Å². The minimum atomic E-state index is -3.88. The molecule has 0 fully saturated rings. The number of alkyl carbamates (subject to hydrolysis) is 1. The number of sulfone groups is 1. The lowest BCUT2D eigenvalue weighted by Gasteiger charge is -2.28. The Morgan fingerprint density at radius 1 is 1.18 bits per heavy atom. The third-order valence-corrected chi connectivity index (χ3v) is 7.52. The van der Waals surface area contributed by atoms with Gasteiger partial charge < -0.3 is 15.4 Å². The lowest BCUT2D eigenvalue weighted by molar-refractivity contribution is 0.165. The molecule has 0 saturated heterocycles. The fourth-order valence-electron chi connectivity index (χ4n) is 3.67. The number of hydrogen-bond acceptors (Lipinski definition) is 5. The normalized spacial score (nSPS) is 13.0. The molecule has 1 amide bonds. The first-order valence-corrected chi connectivity index (χ1v) is 12.7. The van der Waals surface area contributed by atoms with Crippen molar-refractivity contribution in [3.63, 3.8) is 0 Å². The third-order valence-electron chi connectivity index (χ3n) is 5.29. The second-order valence-electron chi connectivity index (χ2n) is 7.90. The first-order valence-electron chi connectivity index (χ1n) is 11.0. The molecule has 184 valence electrons. The van der Waals surface area contributed by atoms with E-state index in [1.54, 1.807) is 0 Å². The number of carbonyl (C=O) groups is 1. The molecule has 0 radical (unpaired) electrons. The Morgan fingerprint density at radius 3 is 2.50 bits per heavy atom. The Bertz CT molecular complexity index is 1100. The van der Waals surface area contributed by atoms with Gasteiger partial charge in [0.2, 0.25) is 0 Å². The molecule has 9 heteroatoms. The number of hydrogen-bond donors (Lipinski definition) is 2. The summed E-state index contributed by atoms with van der Waals surface area (Å²) in [6.45, 7) is 2.62. The molecule has 0 bridgehead atoms. The Morgan fingerprint density at radius 2 is 1.88 bits per heavy atom. The molecule has 34 heavy (non-hydrogen) atoms. The highest BCUT2D eigenvalue weighted by molar-refractivity contribution is 7.91. The van der Waals surface area contributed by atoms with Gasteiger partial charge in [-0.1, -0.05) is 31.4 Å². The average Bonchev–Trinajstić information content (AvgIpc) is 2.79. The van der Waals surface area contributed by atoms with Crippen LogP contribution in [0.1, 0.15) is 48.1 Å². The number of ether oxygens (including phenoxy) is 1. The van der Waals surface area contributed by atoms with Crippen molar-refractivity contribution in [2.45, 2.75) is 44.0 Å². The monoisotopic (exact) mass is 492 g/mol. The first-order chi connectivity index (χ1) is 16.2. The van der Waals surface area contributed by atoms with Crippen molar-refractivity contribution in [2.24, 2.45) is 0 Å². The van der Waals surface area contributed by atoms with Gasteiger partial charge in [-0.15, -0.1) is 6.42 Å². The van der Waals surface area contributed by atoms with E-state index in [9.17, 15) is 22.0 Å². The van der Waals surface area contributed by atoms with E-state index < -0.39 is 38.9 Å². The number of rotatable bonds is 12. The van der Waals surface area contributed by atoms with E-state index in [0.29, 0.717) is 32.0 Å². The summed E-state index contributed by atoms with van der Waals surface area (Å²) in [5.41, 5.74) is 1.61. The van der Waals surface area contributed by atoms with Gasteiger partial charge in [0.25, 0.3) is 0 Å². The smallest absolute Gasteiger partial charge is 0.407 e. The molecule has 1 unspecified atom stereocenters. The predicted molar refractivity (Wildman–Crippen MR) is 128 cm³/mol. The molecule has 2 N–H and O–H groups in total. The number of unbranched alkanes of at least 4 members (excludes halogenated alkanes) is 1. The standard InChI is InChI=1S/C25H30F2N2O4S/c1-4-6-12-34(31,32)24(20-14-21(26)16-22(27)15-20)23(29-25(30)33-3)10-11-28-17-19-9-7-8-18(5-2)13-19/h2,7-9,13-16,23-24,28H,4,6,10-12,17H2,1,3H3,(H,29,30)/t23-,24?/m0/s1. The van der Waals surface area contributed by atoms with E-state index in [1.807, 2.05) is 31.2 Å². The molecule has 0 spiro atoms. The molecule has 6 nitrogen and oxygen atoms in total. The summed E-state index contributed by atoms with van der Waals surface area (Å²) < 4.78 is 59.2. The van der Waals surface area contributed by atoms with Crippen LogP contribution in [0.5, 0.6) is 0 Å². The van der Waals surface area contributed by atoms with Crippen molar-refractivity contribution in [1.29, 1.82) is 0 Å². The molecular formula is C25H30F2N2O4S. The van der Waals surface area contributed by atoms with E-state index in [0.717, 1.165) is 30.4 Å². The highest BCUT2D eigenvalue weighted by Gasteiger charge is 2.36. The molecule has 0 heterocycles. The Kier molecular flexibility index (Phi) is 10.5. The van der Waals surface area contributed by atoms with Gasteiger partial charge in [-0.3, -0.25) is 0 Å². The number of nitrogens with one attached hydrogen (secondary N) is 2. The van der Waals surface area contributed by atoms with Crippen LogP contribution in [0.4, 0.5) is 13.6 Å². The highest BCUT2D eigenvalue weighted by Crippen LogP contribution is 2.31. The van der Waals surface area contributed by atoms with Crippen LogP contribution < -0.4 is 10.6 Å². The Balaban J connectivity index is 2.30. The van der Waals surface area contributed by atoms with E-state index in [1.165, 1.54) is 0 Å². The predicted octanol–water partition coefficient (Wildman–Crippen LogP) is 4.11. The van der Waals surface area contributed by atoms with Crippen molar-refractivity contribution in [2.75, 3.05) is 19.4 Å². The van der Waals surface area contributed by atoms with Crippen LogP contribution in [-0.2, 0) is 21.1 Å². The fourth-order valence-corrected chi connectivity index (χ4v) is 5.87. The molecule has 0 aliphatic rings. The maximum Gasteiger partial charge on any atom is 0.407 e. The van der Waals surface area contributed by atoms with Crippen molar-refractivity contribution in [3.05, 3.63) is 70.8 Å². The summed E-state index contributed by atoms with van der Waals surface area (Å²) >= 11 is 0. The Labute approximate surface area is 200 Å². The molecule has 2 rings (SSSR count). The van der Waals surface area contributed by atoms with Crippen molar-refractivity contribution >= 4 is 15.9 Å². The van der Waals surface area contributed by atoms with E-state index in [4.69, 9.17) is 6.42 Å². The maximum absolute atomic E-state index is 14.0. The zero-order valence-corrected chi connectivity index (χ0v) is 20.1. The van der Waals surface area contributed by atoms with Crippen molar-refractivity contribution in [3.8, 4) is 12.3 Å². The highest BCUT2D eigenvalue weighted by atomic mass is 32.2. The van der Waals surface area contributed by atoms with E-state index in [2.05, 4.69) is 21.3 Å². The number of carbonyl (C=O) groups excluding carboxylic acids is 1. The van der Waals surface area contributed by atoms with Gasteiger partial charge in [-0.2, -0.15) is 0 Å². The average molecular weight is 493 g/mol. The number of benzene rings is 2. The molecule has 0 saturated carbocycles. The lowest BCUT2D eigenvalue weighted by Crippen LogP contribution is -2.44. The molecule has 2 atom stereocenters.